The largest absolute Gasteiger partial charge is 0.494 e. The average molecular weight is 442 g/mol. The van der Waals surface area contributed by atoms with Gasteiger partial charge in [0, 0.05) is 25.0 Å². The average Bonchev–Trinajstić information content (AvgIpc) is 2.80. The smallest absolute Gasteiger partial charge is 0.269 e. The number of nitro groups is 1. The highest BCUT2D eigenvalue weighted by atomic mass is 16.6. The number of quaternary nitrogens is 1. The molecule has 1 aliphatic rings. The topological polar surface area (TPSA) is 97.3 Å². The molecule has 0 aromatic heterocycles. The summed E-state index contributed by atoms with van der Waals surface area (Å²) in [5.74, 6) is 0.809. The summed E-state index contributed by atoms with van der Waals surface area (Å²) in [4.78, 5) is 10.2. The van der Waals surface area contributed by atoms with E-state index in [1.165, 1.54) is 31.5 Å². The Balaban J connectivity index is 1.30. The van der Waals surface area contributed by atoms with Crippen LogP contribution in [0.5, 0.6) is 5.75 Å². The fourth-order valence-electron chi connectivity index (χ4n) is 3.91. The zero-order valence-electron chi connectivity index (χ0n) is 18.7. The minimum absolute atomic E-state index is 0.0314. The maximum atomic E-state index is 10.7. The summed E-state index contributed by atoms with van der Waals surface area (Å²) >= 11 is 0. The normalized spacial score (nSPS) is 21.0. The first-order valence-corrected chi connectivity index (χ1v) is 11.3. The van der Waals surface area contributed by atoms with Gasteiger partial charge in [-0.2, -0.15) is 10.2 Å². The number of rotatable bonds is 11. The van der Waals surface area contributed by atoms with Crippen LogP contribution >= 0.6 is 0 Å². The molecular formula is C24H33N4O4+. The lowest BCUT2D eigenvalue weighted by atomic mass is 10.0. The van der Waals surface area contributed by atoms with Gasteiger partial charge in [0.15, 0.2) is 0 Å². The number of azo groups is 1. The molecule has 172 valence electrons. The van der Waals surface area contributed by atoms with E-state index in [2.05, 4.69) is 17.3 Å². The predicted octanol–water partition coefficient (Wildman–Crippen LogP) is 5.55. The first kappa shape index (κ1) is 23.8. The van der Waals surface area contributed by atoms with Crippen molar-refractivity contribution in [3.8, 4) is 5.75 Å². The second-order valence-corrected chi connectivity index (χ2v) is 8.75. The molecule has 0 unspecified atom stereocenters. The first-order chi connectivity index (χ1) is 15.4. The van der Waals surface area contributed by atoms with Crippen LogP contribution in [-0.2, 0) is 0 Å². The zero-order chi connectivity index (χ0) is 22.8. The van der Waals surface area contributed by atoms with Crippen molar-refractivity contribution in [3.63, 3.8) is 0 Å². The van der Waals surface area contributed by atoms with Gasteiger partial charge in [-0.25, -0.2) is 0 Å². The maximum absolute atomic E-state index is 10.7. The Bertz CT molecular complexity index is 876. The van der Waals surface area contributed by atoms with Gasteiger partial charge in [0.1, 0.15) is 5.75 Å². The fourth-order valence-corrected chi connectivity index (χ4v) is 3.91. The molecule has 0 aliphatic carbocycles. The number of non-ortho nitro benzene ring substituents is 1. The van der Waals surface area contributed by atoms with Gasteiger partial charge in [-0.3, -0.25) is 10.1 Å². The number of ether oxygens (including phenoxy) is 1. The number of piperidine rings is 1. The number of unbranched alkanes of at least 4 members (excludes halogenated alkanes) is 3. The van der Waals surface area contributed by atoms with Crippen LogP contribution in [0.4, 0.5) is 17.1 Å². The van der Waals surface area contributed by atoms with Crippen LogP contribution in [0.3, 0.4) is 0 Å². The van der Waals surface area contributed by atoms with Crippen molar-refractivity contribution in [2.45, 2.75) is 44.6 Å². The van der Waals surface area contributed by atoms with E-state index in [9.17, 15) is 15.2 Å². The Morgan fingerprint density at radius 3 is 2.12 bits per heavy atom. The van der Waals surface area contributed by atoms with Gasteiger partial charge in [-0.1, -0.05) is 0 Å². The van der Waals surface area contributed by atoms with Gasteiger partial charge in [0.05, 0.1) is 55.7 Å². The zero-order valence-corrected chi connectivity index (χ0v) is 18.7. The predicted molar refractivity (Wildman–Crippen MR) is 124 cm³/mol. The number of aliphatic hydroxyl groups is 1. The minimum atomic E-state index is -0.441. The van der Waals surface area contributed by atoms with Crippen LogP contribution in [0.1, 0.15) is 38.5 Å². The van der Waals surface area contributed by atoms with E-state index in [4.69, 9.17) is 4.74 Å². The summed E-state index contributed by atoms with van der Waals surface area (Å²) in [6.07, 6.45) is 6.39. The van der Waals surface area contributed by atoms with E-state index in [0.29, 0.717) is 18.0 Å². The molecule has 0 atom stereocenters. The molecule has 2 aromatic carbocycles. The molecule has 0 radical (unpaired) electrons. The van der Waals surface area contributed by atoms with Crippen molar-refractivity contribution < 1.29 is 19.2 Å². The first-order valence-electron chi connectivity index (χ1n) is 11.3. The molecule has 0 saturated carbocycles. The van der Waals surface area contributed by atoms with Gasteiger partial charge >= 0.3 is 0 Å². The number of hydrogen-bond donors (Lipinski definition) is 1. The number of nitrogens with zero attached hydrogens (tertiary/aromatic N) is 4. The molecule has 0 bridgehead atoms. The number of benzene rings is 2. The van der Waals surface area contributed by atoms with E-state index < -0.39 is 4.92 Å². The van der Waals surface area contributed by atoms with Crippen molar-refractivity contribution in [3.05, 3.63) is 58.6 Å². The second-order valence-electron chi connectivity index (χ2n) is 8.75. The number of likely N-dealkylation sites (tertiary alicyclic amines) is 1. The third-order valence-electron chi connectivity index (χ3n) is 6.04. The second kappa shape index (κ2) is 11.7. The standard InChI is InChI=1S/C24H33N4O4/c1-28(17-14-23(29)15-18-28)16-4-2-3-5-19-32-24-12-8-21(9-13-24)26-25-20-6-10-22(11-7-20)27(30)31/h6-13,23,29H,2-5,14-19H2,1H3/q+1. The van der Waals surface area contributed by atoms with Crippen LogP contribution in [0.15, 0.2) is 58.8 Å². The summed E-state index contributed by atoms with van der Waals surface area (Å²) in [6, 6.07) is 13.4. The maximum Gasteiger partial charge on any atom is 0.269 e. The van der Waals surface area contributed by atoms with Gasteiger partial charge < -0.3 is 14.3 Å². The van der Waals surface area contributed by atoms with E-state index in [1.54, 1.807) is 12.1 Å². The molecule has 2 aromatic rings. The van der Waals surface area contributed by atoms with E-state index in [1.807, 2.05) is 24.3 Å². The highest BCUT2D eigenvalue weighted by molar-refractivity contribution is 5.45. The number of aliphatic hydroxyl groups excluding tert-OH is 1. The SMILES string of the molecule is C[N+]1(CCCCCCOc2ccc(N=Nc3ccc([N+](=O)[O-])cc3)cc2)CCC(O)CC1. The summed E-state index contributed by atoms with van der Waals surface area (Å²) < 4.78 is 6.92. The third kappa shape index (κ3) is 7.69. The Morgan fingerprint density at radius 2 is 1.53 bits per heavy atom. The van der Waals surface area contributed by atoms with Gasteiger partial charge in [0.2, 0.25) is 0 Å². The summed E-state index contributed by atoms with van der Waals surface area (Å²) in [5, 5.41) is 28.6. The molecule has 0 amide bonds. The summed E-state index contributed by atoms with van der Waals surface area (Å²) in [6.45, 7) is 4.08. The van der Waals surface area contributed by atoms with E-state index >= 15 is 0 Å². The quantitative estimate of drug-likeness (QED) is 0.162. The molecule has 8 nitrogen and oxygen atoms in total. The summed E-state index contributed by atoms with van der Waals surface area (Å²) in [5.41, 5.74) is 1.28. The highest BCUT2D eigenvalue weighted by Gasteiger charge is 2.28. The molecule has 1 fully saturated rings. The van der Waals surface area contributed by atoms with Crippen molar-refractivity contribution in [2.75, 3.05) is 33.3 Å². The molecule has 8 heteroatoms. The Morgan fingerprint density at radius 1 is 0.969 bits per heavy atom. The molecule has 1 N–H and O–H groups in total. The number of nitro benzene ring substituents is 1. The fraction of sp³-hybridized carbons (Fsp3) is 0.500. The Kier molecular flexibility index (Phi) is 8.70. The van der Waals surface area contributed by atoms with Gasteiger partial charge in [-0.05, 0) is 62.1 Å². The molecule has 3 rings (SSSR count). The van der Waals surface area contributed by atoms with Gasteiger partial charge in [-0.15, -0.1) is 0 Å². The van der Waals surface area contributed by atoms with Crippen LogP contribution < -0.4 is 4.74 Å². The Labute approximate surface area is 189 Å². The van der Waals surface area contributed by atoms with Crippen LogP contribution in [0.2, 0.25) is 0 Å². The van der Waals surface area contributed by atoms with E-state index in [0.717, 1.165) is 49.0 Å². The summed E-state index contributed by atoms with van der Waals surface area (Å²) in [7, 11) is 2.31. The van der Waals surface area contributed by atoms with Crippen molar-refractivity contribution >= 4 is 17.1 Å². The lowest BCUT2D eigenvalue weighted by molar-refractivity contribution is -0.915. The van der Waals surface area contributed by atoms with Crippen LogP contribution in [0.25, 0.3) is 0 Å². The van der Waals surface area contributed by atoms with Crippen LogP contribution in [-0.4, -0.2) is 53.9 Å². The molecule has 32 heavy (non-hydrogen) atoms. The van der Waals surface area contributed by atoms with Crippen LogP contribution in [0, 0.1) is 10.1 Å². The Hall–Kier alpha value is -2.84. The lowest BCUT2D eigenvalue weighted by Crippen LogP contribution is -2.51. The molecular weight excluding hydrogens is 408 g/mol. The molecule has 1 heterocycles. The number of hydrogen-bond acceptors (Lipinski definition) is 6. The highest BCUT2D eigenvalue weighted by Crippen LogP contribution is 2.23. The van der Waals surface area contributed by atoms with E-state index in [-0.39, 0.29) is 11.8 Å². The van der Waals surface area contributed by atoms with Crippen molar-refractivity contribution in [1.29, 1.82) is 0 Å². The molecule has 1 saturated heterocycles. The monoisotopic (exact) mass is 441 g/mol. The molecule has 0 spiro atoms. The molecule has 1 aliphatic heterocycles. The van der Waals surface area contributed by atoms with Gasteiger partial charge in [0.25, 0.3) is 5.69 Å². The van der Waals surface area contributed by atoms with Crippen molar-refractivity contribution in [1.82, 2.24) is 0 Å². The third-order valence-corrected chi connectivity index (χ3v) is 6.04. The minimum Gasteiger partial charge on any atom is -0.494 e. The lowest BCUT2D eigenvalue weighted by Gasteiger charge is -2.39. The van der Waals surface area contributed by atoms with Crippen molar-refractivity contribution in [2.24, 2.45) is 10.2 Å².